The number of pyridine rings is 1. The number of aryl methyl sites for hydroxylation is 2. The zero-order valence-corrected chi connectivity index (χ0v) is 15.1. The first-order valence-electron chi connectivity index (χ1n) is 8.71. The Bertz CT molecular complexity index is 1200. The Morgan fingerprint density at radius 2 is 1.70 bits per heavy atom. The number of rotatable bonds is 3. The molecule has 2 heterocycles. The van der Waals surface area contributed by atoms with Crippen LogP contribution in [0.2, 0.25) is 0 Å². The number of H-pyrrole nitrogens is 1. The van der Waals surface area contributed by atoms with Gasteiger partial charge in [0.15, 0.2) is 0 Å². The molecule has 2 aromatic carbocycles. The van der Waals surface area contributed by atoms with Gasteiger partial charge in [0.25, 0.3) is 11.5 Å². The molecular formula is C22H19N3O2. The lowest BCUT2D eigenvalue weighted by atomic mass is 10.2. The second-order valence-electron chi connectivity index (χ2n) is 6.65. The molecule has 0 aliphatic rings. The number of benzene rings is 2. The van der Waals surface area contributed by atoms with Crippen molar-refractivity contribution in [2.24, 2.45) is 0 Å². The van der Waals surface area contributed by atoms with Crippen LogP contribution in [0.15, 0.2) is 71.5 Å². The standard InChI is InChI=1S/C22H19N3O2/c1-14-6-9-18(10-7-14)25-20(26)11-8-16-13-19(24-21(16)25)22(27)23-17-5-3-4-15(2)12-17/h3-13,24H,1-2H3,(H,23,27). The maximum Gasteiger partial charge on any atom is 0.272 e. The predicted molar refractivity (Wildman–Crippen MR) is 108 cm³/mol. The molecule has 0 radical (unpaired) electrons. The molecule has 0 saturated carbocycles. The second-order valence-corrected chi connectivity index (χ2v) is 6.65. The van der Waals surface area contributed by atoms with Crippen molar-refractivity contribution in [1.82, 2.24) is 9.55 Å². The molecule has 4 aromatic rings. The molecule has 0 saturated heterocycles. The Kier molecular flexibility index (Phi) is 4.12. The number of aromatic amines is 1. The molecule has 0 fully saturated rings. The first kappa shape index (κ1) is 16.8. The average molecular weight is 357 g/mol. The summed E-state index contributed by atoms with van der Waals surface area (Å²) in [5.74, 6) is -0.250. The van der Waals surface area contributed by atoms with E-state index in [9.17, 15) is 9.59 Å². The van der Waals surface area contributed by atoms with Crippen molar-refractivity contribution < 1.29 is 4.79 Å². The van der Waals surface area contributed by atoms with Crippen LogP contribution < -0.4 is 10.9 Å². The van der Waals surface area contributed by atoms with Gasteiger partial charge in [-0.1, -0.05) is 29.8 Å². The van der Waals surface area contributed by atoms with Gasteiger partial charge in [-0.05, 0) is 55.8 Å². The van der Waals surface area contributed by atoms with Crippen LogP contribution in [0, 0.1) is 13.8 Å². The number of hydrogen-bond acceptors (Lipinski definition) is 2. The van der Waals surface area contributed by atoms with Crippen LogP contribution in [0.4, 0.5) is 5.69 Å². The third kappa shape index (κ3) is 3.27. The fraction of sp³-hybridized carbons (Fsp3) is 0.0909. The van der Waals surface area contributed by atoms with Crippen molar-refractivity contribution in [2.45, 2.75) is 13.8 Å². The summed E-state index contributed by atoms with van der Waals surface area (Å²) in [7, 11) is 0. The SMILES string of the molecule is Cc1ccc(-n2c(=O)ccc3cc(C(=O)Nc4cccc(C)c4)[nH]c32)cc1. The van der Waals surface area contributed by atoms with Gasteiger partial charge in [-0.25, -0.2) is 0 Å². The van der Waals surface area contributed by atoms with Crippen molar-refractivity contribution in [2.75, 3.05) is 5.32 Å². The minimum atomic E-state index is -0.250. The highest BCUT2D eigenvalue weighted by atomic mass is 16.2. The number of anilines is 1. The second kappa shape index (κ2) is 6.61. The number of aromatic nitrogens is 2. The van der Waals surface area contributed by atoms with Crippen LogP contribution >= 0.6 is 0 Å². The van der Waals surface area contributed by atoms with Gasteiger partial charge in [0, 0.05) is 17.1 Å². The number of carbonyl (C=O) groups is 1. The van der Waals surface area contributed by atoms with Crippen molar-refractivity contribution in [1.29, 1.82) is 0 Å². The van der Waals surface area contributed by atoms with Crippen molar-refractivity contribution in [3.05, 3.63) is 93.9 Å². The summed E-state index contributed by atoms with van der Waals surface area (Å²) in [6, 6.07) is 20.3. The topological polar surface area (TPSA) is 66.9 Å². The smallest absolute Gasteiger partial charge is 0.272 e. The van der Waals surface area contributed by atoms with Gasteiger partial charge in [-0.2, -0.15) is 0 Å². The van der Waals surface area contributed by atoms with Crippen LogP contribution in [-0.4, -0.2) is 15.5 Å². The molecule has 2 N–H and O–H groups in total. The van der Waals surface area contributed by atoms with E-state index < -0.39 is 0 Å². The fourth-order valence-corrected chi connectivity index (χ4v) is 3.11. The molecule has 0 unspecified atom stereocenters. The summed E-state index contributed by atoms with van der Waals surface area (Å²) in [5.41, 5.74) is 4.51. The van der Waals surface area contributed by atoms with Crippen LogP contribution in [0.5, 0.6) is 0 Å². The molecule has 27 heavy (non-hydrogen) atoms. The third-order valence-electron chi connectivity index (χ3n) is 4.49. The third-order valence-corrected chi connectivity index (χ3v) is 4.49. The van der Waals surface area contributed by atoms with E-state index in [0.29, 0.717) is 11.3 Å². The number of nitrogens with one attached hydrogen (secondary N) is 2. The average Bonchev–Trinajstić information content (AvgIpc) is 3.07. The molecule has 0 atom stereocenters. The molecule has 0 bridgehead atoms. The van der Waals surface area contributed by atoms with Gasteiger partial charge in [0.1, 0.15) is 11.3 Å². The molecule has 2 aromatic heterocycles. The van der Waals surface area contributed by atoms with Gasteiger partial charge in [-0.3, -0.25) is 14.2 Å². The molecular weight excluding hydrogens is 338 g/mol. The van der Waals surface area contributed by atoms with E-state index in [0.717, 1.165) is 27.9 Å². The zero-order valence-electron chi connectivity index (χ0n) is 15.1. The van der Waals surface area contributed by atoms with Gasteiger partial charge in [0.05, 0.1) is 5.69 Å². The lowest BCUT2D eigenvalue weighted by Crippen LogP contribution is -2.17. The first-order valence-corrected chi connectivity index (χ1v) is 8.71. The normalized spacial score (nSPS) is 10.9. The van der Waals surface area contributed by atoms with Crippen molar-refractivity contribution in [3.8, 4) is 5.69 Å². The summed E-state index contributed by atoms with van der Waals surface area (Å²) < 4.78 is 1.58. The predicted octanol–water partition coefficient (Wildman–Crippen LogP) is 4.19. The highest BCUT2D eigenvalue weighted by Crippen LogP contribution is 2.19. The lowest BCUT2D eigenvalue weighted by molar-refractivity contribution is 0.102. The molecule has 1 amide bonds. The number of hydrogen-bond donors (Lipinski definition) is 2. The highest BCUT2D eigenvalue weighted by Gasteiger charge is 2.14. The minimum absolute atomic E-state index is 0.154. The highest BCUT2D eigenvalue weighted by molar-refractivity contribution is 6.05. The van der Waals surface area contributed by atoms with E-state index >= 15 is 0 Å². The lowest BCUT2D eigenvalue weighted by Gasteiger charge is -2.08. The maximum atomic E-state index is 12.6. The summed E-state index contributed by atoms with van der Waals surface area (Å²) in [6.45, 7) is 3.97. The summed E-state index contributed by atoms with van der Waals surface area (Å²) >= 11 is 0. The van der Waals surface area contributed by atoms with Crippen LogP contribution in [0.1, 0.15) is 21.6 Å². The molecule has 134 valence electrons. The first-order chi connectivity index (χ1) is 13.0. The summed E-state index contributed by atoms with van der Waals surface area (Å²) in [5, 5.41) is 3.68. The van der Waals surface area contributed by atoms with Crippen LogP contribution in [0.25, 0.3) is 16.7 Å². The number of carbonyl (C=O) groups excluding carboxylic acids is 1. The van der Waals surface area contributed by atoms with E-state index in [1.165, 1.54) is 6.07 Å². The van der Waals surface area contributed by atoms with E-state index in [2.05, 4.69) is 10.3 Å². The summed E-state index contributed by atoms with van der Waals surface area (Å²) in [4.78, 5) is 28.2. The Morgan fingerprint density at radius 3 is 2.44 bits per heavy atom. The van der Waals surface area contributed by atoms with Crippen molar-refractivity contribution >= 4 is 22.6 Å². The van der Waals surface area contributed by atoms with E-state index in [1.54, 1.807) is 16.7 Å². The van der Waals surface area contributed by atoms with Crippen molar-refractivity contribution in [3.63, 3.8) is 0 Å². The van der Waals surface area contributed by atoms with Crippen LogP contribution in [0.3, 0.4) is 0 Å². The number of nitrogens with zero attached hydrogens (tertiary/aromatic N) is 1. The quantitative estimate of drug-likeness (QED) is 0.577. The minimum Gasteiger partial charge on any atom is -0.336 e. The fourth-order valence-electron chi connectivity index (χ4n) is 3.11. The molecule has 5 nitrogen and oxygen atoms in total. The van der Waals surface area contributed by atoms with Gasteiger partial charge < -0.3 is 10.3 Å². The molecule has 4 rings (SSSR count). The van der Waals surface area contributed by atoms with Gasteiger partial charge in [-0.15, -0.1) is 0 Å². The monoisotopic (exact) mass is 357 g/mol. The molecule has 0 aliphatic carbocycles. The Morgan fingerprint density at radius 1 is 0.926 bits per heavy atom. The Hall–Kier alpha value is -3.60. The van der Waals surface area contributed by atoms with E-state index in [-0.39, 0.29) is 11.5 Å². The Labute approximate surface area is 156 Å². The van der Waals surface area contributed by atoms with Crippen LogP contribution in [-0.2, 0) is 0 Å². The number of fused-ring (bicyclic) bond motifs is 1. The number of amides is 1. The van der Waals surface area contributed by atoms with E-state index in [4.69, 9.17) is 0 Å². The summed E-state index contributed by atoms with van der Waals surface area (Å²) in [6.07, 6.45) is 0. The van der Waals surface area contributed by atoms with Gasteiger partial charge >= 0.3 is 0 Å². The molecule has 5 heteroatoms. The molecule has 0 aliphatic heterocycles. The molecule has 0 spiro atoms. The van der Waals surface area contributed by atoms with Gasteiger partial charge in [0.2, 0.25) is 0 Å². The van der Waals surface area contributed by atoms with E-state index in [1.807, 2.05) is 62.4 Å². The Balaban J connectivity index is 1.76. The largest absolute Gasteiger partial charge is 0.336 e. The maximum absolute atomic E-state index is 12.6. The zero-order chi connectivity index (χ0) is 19.0.